The molecule has 0 aliphatic heterocycles. The third-order valence-corrected chi connectivity index (χ3v) is 4.47. The zero-order valence-corrected chi connectivity index (χ0v) is 14.8. The van der Waals surface area contributed by atoms with Gasteiger partial charge in [0.2, 0.25) is 0 Å². The molecule has 0 fully saturated rings. The van der Waals surface area contributed by atoms with Gasteiger partial charge >= 0.3 is 0 Å². The number of nitrogens with zero attached hydrogens (tertiary/aromatic N) is 4. The van der Waals surface area contributed by atoms with E-state index in [-0.39, 0.29) is 0 Å². The van der Waals surface area contributed by atoms with Crippen molar-refractivity contribution in [2.45, 2.75) is 13.1 Å². The van der Waals surface area contributed by atoms with Crippen LogP contribution in [0.1, 0.15) is 11.4 Å². The van der Waals surface area contributed by atoms with Gasteiger partial charge in [-0.3, -0.25) is 9.97 Å². The molecule has 0 N–H and O–H groups in total. The lowest BCUT2D eigenvalue weighted by molar-refractivity contribution is 0.768. The van der Waals surface area contributed by atoms with Crippen LogP contribution < -0.4 is 4.90 Å². The molecule has 2 aromatic carbocycles. The number of anilines is 1. The van der Waals surface area contributed by atoms with E-state index in [9.17, 15) is 0 Å². The van der Waals surface area contributed by atoms with E-state index >= 15 is 0 Å². The first-order valence-corrected chi connectivity index (χ1v) is 8.78. The van der Waals surface area contributed by atoms with Crippen LogP contribution in [0.15, 0.2) is 85.2 Å². The van der Waals surface area contributed by atoms with Crippen LogP contribution in [0.25, 0.3) is 15.6 Å². The van der Waals surface area contributed by atoms with E-state index in [4.69, 9.17) is 6.57 Å². The van der Waals surface area contributed by atoms with Crippen molar-refractivity contribution in [3.8, 4) is 0 Å². The largest absolute Gasteiger partial charge is 0.359 e. The molecule has 0 saturated heterocycles. The molecule has 0 amide bonds. The molecule has 27 heavy (non-hydrogen) atoms. The van der Waals surface area contributed by atoms with Gasteiger partial charge in [0.1, 0.15) is 0 Å². The first kappa shape index (κ1) is 16.7. The molecule has 0 atom stereocenters. The molecule has 0 unspecified atom stereocenters. The monoisotopic (exact) mass is 350 g/mol. The molecule has 0 aliphatic rings. The third-order valence-electron chi connectivity index (χ3n) is 4.47. The van der Waals surface area contributed by atoms with Crippen LogP contribution in [0.2, 0.25) is 0 Å². The second kappa shape index (κ2) is 7.67. The lowest BCUT2D eigenvalue weighted by atomic mass is 10.1. The molecule has 4 aromatic rings. The van der Waals surface area contributed by atoms with E-state index in [1.165, 1.54) is 0 Å². The van der Waals surface area contributed by atoms with Gasteiger partial charge in [0, 0.05) is 23.5 Å². The Morgan fingerprint density at radius 3 is 2.07 bits per heavy atom. The molecular weight excluding hydrogens is 332 g/mol. The van der Waals surface area contributed by atoms with Gasteiger partial charge in [-0.1, -0.05) is 36.4 Å². The standard InChI is InChI=1S/C23H18N4/c1-24-19-11-12-22-18(15-19)7-6-10-23(22)27(16-20-8-2-4-13-25-20)17-21-9-3-5-14-26-21/h2-15H,16-17H2. The number of pyridine rings is 2. The first-order chi connectivity index (χ1) is 13.3. The Balaban J connectivity index is 1.78. The van der Waals surface area contributed by atoms with Crippen molar-refractivity contribution in [1.82, 2.24) is 9.97 Å². The number of rotatable bonds is 5. The Bertz CT molecular complexity index is 1040. The summed E-state index contributed by atoms with van der Waals surface area (Å²) in [6.07, 6.45) is 3.64. The topological polar surface area (TPSA) is 33.4 Å². The van der Waals surface area contributed by atoms with E-state index in [1.807, 2.05) is 79.1 Å². The van der Waals surface area contributed by atoms with Gasteiger partial charge in [-0.15, -0.1) is 0 Å². The number of fused-ring (bicyclic) bond motifs is 1. The van der Waals surface area contributed by atoms with Gasteiger partial charge in [0.25, 0.3) is 0 Å². The van der Waals surface area contributed by atoms with Crippen LogP contribution in [-0.2, 0) is 13.1 Å². The van der Waals surface area contributed by atoms with Gasteiger partial charge in [0.15, 0.2) is 5.69 Å². The summed E-state index contributed by atoms with van der Waals surface area (Å²) >= 11 is 0. The predicted molar refractivity (Wildman–Crippen MR) is 109 cm³/mol. The van der Waals surface area contributed by atoms with Crippen molar-refractivity contribution in [1.29, 1.82) is 0 Å². The molecule has 130 valence electrons. The molecule has 0 bridgehead atoms. The summed E-state index contributed by atoms with van der Waals surface area (Å²) in [7, 11) is 0. The van der Waals surface area contributed by atoms with Crippen LogP contribution >= 0.6 is 0 Å². The van der Waals surface area contributed by atoms with Gasteiger partial charge < -0.3 is 4.90 Å². The normalized spacial score (nSPS) is 10.5. The lowest BCUT2D eigenvalue weighted by Crippen LogP contribution is -2.23. The zero-order valence-electron chi connectivity index (χ0n) is 14.8. The summed E-state index contributed by atoms with van der Waals surface area (Å²) < 4.78 is 0. The van der Waals surface area contributed by atoms with E-state index in [1.54, 1.807) is 0 Å². The lowest BCUT2D eigenvalue weighted by Gasteiger charge is -2.26. The Morgan fingerprint density at radius 1 is 0.778 bits per heavy atom. The number of benzene rings is 2. The van der Waals surface area contributed by atoms with E-state index in [2.05, 4.69) is 25.8 Å². The van der Waals surface area contributed by atoms with E-state index in [0.717, 1.165) is 27.8 Å². The highest BCUT2D eigenvalue weighted by Crippen LogP contribution is 2.31. The summed E-state index contributed by atoms with van der Waals surface area (Å²) in [6.45, 7) is 8.62. The second-order valence-corrected chi connectivity index (χ2v) is 6.29. The van der Waals surface area contributed by atoms with Crippen molar-refractivity contribution in [3.63, 3.8) is 0 Å². The molecule has 4 nitrogen and oxygen atoms in total. The first-order valence-electron chi connectivity index (χ1n) is 8.78. The highest BCUT2D eigenvalue weighted by atomic mass is 15.1. The van der Waals surface area contributed by atoms with Crippen LogP contribution in [0.4, 0.5) is 11.4 Å². The average molecular weight is 350 g/mol. The average Bonchev–Trinajstić information content (AvgIpc) is 2.74. The zero-order chi connectivity index (χ0) is 18.5. The Kier molecular flexibility index (Phi) is 4.76. The fraction of sp³-hybridized carbons (Fsp3) is 0.0870. The number of aromatic nitrogens is 2. The molecule has 0 aliphatic carbocycles. The van der Waals surface area contributed by atoms with Gasteiger partial charge in [0.05, 0.1) is 31.0 Å². The van der Waals surface area contributed by atoms with Crippen LogP contribution in [0.3, 0.4) is 0 Å². The van der Waals surface area contributed by atoms with Crippen LogP contribution in [0, 0.1) is 6.57 Å². The van der Waals surface area contributed by atoms with Gasteiger partial charge in [-0.2, -0.15) is 0 Å². The predicted octanol–water partition coefficient (Wildman–Crippen LogP) is 5.39. The maximum Gasteiger partial charge on any atom is 0.187 e. The van der Waals surface area contributed by atoms with Crippen LogP contribution in [-0.4, -0.2) is 9.97 Å². The number of hydrogen-bond donors (Lipinski definition) is 0. The third kappa shape index (κ3) is 3.78. The molecular formula is C23H18N4. The van der Waals surface area contributed by atoms with Gasteiger partial charge in [-0.05, 0) is 41.8 Å². The molecule has 2 heterocycles. The minimum atomic E-state index is 0.653. The summed E-state index contributed by atoms with van der Waals surface area (Å²) in [5.74, 6) is 0. The Labute approximate surface area is 158 Å². The van der Waals surface area contributed by atoms with E-state index in [0.29, 0.717) is 18.8 Å². The van der Waals surface area contributed by atoms with Crippen molar-refractivity contribution < 1.29 is 0 Å². The smallest absolute Gasteiger partial charge is 0.187 e. The van der Waals surface area contributed by atoms with E-state index < -0.39 is 0 Å². The molecule has 0 radical (unpaired) electrons. The molecule has 0 spiro atoms. The van der Waals surface area contributed by atoms with Crippen molar-refractivity contribution >= 4 is 22.1 Å². The maximum atomic E-state index is 7.25. The highest BCUT2D eigenvalue weighted by molar-refractivity contribution is 5.96. The number of hydrogen-bond acceptors (Lipinski definition) is 3. The Hall–Kier alpha value is -3.71. The Morgan fingerprint density at radius 2 is 1.48 bits per heavy atom. The molecule has 2 aromatic heterocycles. The van der Waals surface area contributed by atoms with Crippen molar-refractivity contribution in [2.24, 2.45) is 0 Å². The maximum absolute atomic E-state index is 7.25. The van der Waals surface area contributed by atoms with Crippen molar-refractivity contribution in [3.05, 3.63) is 108 Å². The minimum Gasteiger partial charge on any atom is -0.359 e. The van der Waals surface area contributed by atoms with Crippen molar-refractivity contribution in [2.75, 3.05) is 4.90 Å². The molecule has 4 rings (SSSR count). The molecule has 0 saturated carbocycles. The highest BCUT2D eigenvalue weighted by Gasteiger charge is 2.13. The van der Waals surface area contributed by atoms with Gasteiger partial charge in [-0.25, -0.2) is 4.85 Å². The summed E-state index contributed by atoms with van der Waals surface area (Å²) in [5, 5.41) is 2.19. The fourth-order valence-electron chi connectivity index (χ4n) is 3.20. The minimum absolute atomic E-state index is 0.653. The summed E-state index contributed by atoms with van der Waals surface area (Å²) in [6, 6.07) is 24.0. The molecule has 4 heteroatoms. The summed E-state index contributed by atoms with van der Waals surface area (Å²) in [5.41, 5.74) is 3.77. The SMILES string of the molecule is [C-]#[N+]c1ccc2c(N(Cc3ccccn3)Cc3ccccn3)cccc2c1. The fourth-order valence-corrected chi connectivity index (χ4v) is 3.20. The van der Waals surface area contributed by atoms with Crippen LogP contribution in [0.5, 0.6) is 0 Å². The second-order valence-electron chi connectivity index (χ2n) is 6.29. The summed E-state index contributed by atoms with van der Waals surface area (Å²) in [4.78, 5) is 14.8. The quantitative estimate of drug-likeness (QED) is 0.453.